The van der Waals surface area contributed by atoms with E-state index >= 15 is 0 Å². The van der Waals surface area contributed by atoms with E-state index in [1.165, 1.54) is 0 Å². The first-order chi connectivity index (χ1) is 16.5. The summed E-state index contributed by atoms with van der Waals surface area (Å²) in [5.41, 5.74) is 5.52. The number of hydrogen-bond acceptors (Lipinski definition) is 4. The summed E-state index contributed by atoms with van der Waals surface area (Å²) in [6, 6.07) is 21.5. The second-order valence-electron chi connectivity index (χ2n) is 8.55. The standard InChI is InChI=1S/C27H21ClN4O2/c1-16-29-15-30-32(16)27-18-6-8-24(28)20(10-18)14-34-21-5-3-4-17(11-21)22-13-26(33)31(2)25-9-7-19(27)12-23(22)25/h3-13,15,27H,14H2,1-2H3. The van der Waals surface area contributed by atoms with E-state index in [9.17, 15) is 4.79 Å². The number of rotatable bonds is 1. The Kier molecular flexibility index (Phi) is 4.78. The second kappa shape index (κ2) is 7.85. The summed E-state index contributed by atoms with van der Waals surface area (Å²) >= 11 is 6.55. The van der Waals surface area contributed by atoms with Crippen molar-refractivity contribution in [2.24, 2.45) is 7.05 Å². The Hall–Kier alpha value is -3.90. The molecule has 0 spiro atoms. The number of aryl methyl sites for hydroxylation is 2. The van der Waals surface area contributed by atoms with Gasteiger partial charge in [-0.05, 0) is 65.6 Å². The minimum atomic E-state index is -0.225. The monoisotopic (exact) mass is 468 g/mol. The summed E-state index contributed by atoms with van der Waals surface area (Å²) in [5, 5.41) is 6.16. The van der Waals surface area contributed by atoms with Crippen molar-refractivity contribution in [3.63, 3.8) is 0 Å². The van der Waals surface area contributed by atoms with Crippen LogP contribution in [0.15, 0.2) is 77.9 Å². The summed E-state index contributed by atoms with van der Waals surface area (Å²) in [6.07, 6.45) is 1.57. The van der Waals surface area contributed by atoms with Crippen LogP contribution >= 0.6 is 11.6 Å². The lowest BCUT2D eigenvalue weighted by molar-refractivity contribution is 0.306. The lowest BCUT2D eigenvalue weighted by Crippen LogP contribution is -2.18. The predicted molar refractivity (Wildman–Crippen MR) is 132 cm³/mol. The molecule has 5 aromatic rings. The fourth-order valence-electron chi connectivity index (χ4n) is 4.71. The molecular formula is C27H21ClN4O2. The van der Waals surface area contributed by atoms with Crippen LogP contribution < -0.4 is 10.3 Å². The fraction of sp³-hybridized carbons (Fsp3) is 0.148. The fourth-order valence-corrected chi connectivity index (χ4v) is 4.89. The number of fused-ring (bicyclic) bond motifs is 6. The Morgan fingerprint density at radius 1 is 1.03 bits per heavy atom. The SMILES string of the molecule is Cc1ncnn1C1c2ccc(Cl)c(c2)COc2cccc(c2)-c2cc(=O)n(C)c3ccc1cc23. The number of aromatic nitrogens is 4. The van der Waals surface area contributed by atoms with Crippen LogP contribution in [0.4, 0.5) is 0 Å². The number of ether oxygens (including phenoxy) is 1. The molecule has 1 aliphatic rings. The third-order valence-corrected chi connectivity index (χ3v) is 6.88. The normalized spacial score (nSPS) is 14.9. The second-order valence-corrected chi connectivity index (χ2v) is 8.96. The van der Waals surface area contributed by atoms with E-state index in [1.54, 1.807) is 24.0 Å². The van der Waals surface area contributed by atoms with Gasteiger partial charge in [0.25, 0.3) is 5.56 Å². The highest BCUT2D eigenvalue weighted by molar-refractivity contribution is 6.31. The molecule has 0 amide bonds. The summed E-state index contributed by atoms with van der Waals surface area (Å²) in [4.78, 5) is 17.2. The van der Waals surface area contributed by atoms with Crippen molar-refractivity contribution >= 4 is 22.5 Å². The van der Waals surface area contributed by atoms with Gasteiger partial charge in [-0.15, -0.1) is 0 Å². The number of benzene rings is 3. The zero-order chi connectivity index (χ0) is 23.4. The highest BCUT2D eigenvalue weighted by Crippen LogP contribution is 2.36. The molecule has 2 aromatic heterocycles. The van der Waals surface area contributed by atoms with Crippen molar-refractivity contribution in [2.45, 2.75) is 19.6 Å². The molecule has 1 atom stereocenters. The van der Waals surface area contributed by atoms with E-state index in [2.05, 4.69) is 28.3 Å². The van der Waals surface area contributed by atoms with Crippen molar-refractivity contribution in [3.8, 4) is 16.9 Å². The quantitative estimate of drug-likeness (QED) is 0.335. The van der Waals surface area contributed by atoms with Crippen molar-refractivity contribution in [1.82, 2.24) is 19.3 Å². The maximum Gasteiger partial charge on any atom is 0.251 e. The molecule has 168 valence electrons. The van der Waals surface area contributed by atoms with Gasteiger partial charge in [0.05, 0.1) is 5.52 Å². The van der Waals surface area contributed by atoms with Gasteiger partial charge in [-0.3, -0.25) is 4.79 Å². The van der Waals surface area contributed by atoms with E-state index < -0.39 is 0 Å². The molecule has 7 heteroatoms. The summed E-state index contributed by atoms with van der Waals surface area (Å²) in [5.74, 6) is 1.52. The number of hydrogen-bond donors (Lipinski definition) is 0. The molecule has 0 saturated heterocycles. The first-order valence-corrected chi connectivity index (χ1v) is 11.4. The highest BCUT2D eigenvalue weighted by atomic mass is 35.5. The molecule has 0 fully saturated rings. The zero-order valence-corrected chi connectivity index (χ0v) is 19.5. The minimum Gasteiger partial charge on any atom is -0.489 e. The molecule has 3 aromatic carbocycles. The Balaban J connectivity index is 1.72. The van der Waals surface area contributed by atoms with Gasteiger partial charge in [-0.2, -0.15) is 5.10 Å². The van der Waals surface area contributed by atoms with Crippen LogP contribution in [0, 0.1) is 6.92 Å². The topological polar surface area (TPSA) is 61.9 Å². The largest absolute Gasteiger partial charge is 0.489 e. The van der Waals surface area contributed by atoms with Gasteiger partial charge in [-0.25, -0.2) is 9.67 Å². The van der Waals surface area contributed by atoms with Crippen LogP contribution in [-0.2, 0) is 13.7 Å². The van der Waals surface area contributed by atoms with Crippen molar-refractivity contribution < 1.29 is 4.74 Å². The third-order valence-electron chi connectivity index (χ3n) is 6.51. The summed E-state index contributed by atoms with van der Waals surface area (Å²) < 4.78 is 9.73. The van der Waals surface area contributed by atoms with Crippen molar-refractivity contribution in [1.29, 1.82) is 0 Å². The lowest BCUT2D eigenvalue weighted by Gasteiger charge is -2.22. The molecule has 34 heavy (non-hydrogen) atoms. The van der Waals surface area contributed by atoms with E-state index in [0.29, 0.717) is 17.4 Å². The molecule has 0 N–H and O–H groups in total. The van der Waals surface area contributed by atoms with Crippen LogP contribution in [0.1, 0.15) is 28.6 Å². The van der Waals surface area contributed by atoms with Crippen LogP contribution in [0.25, 0.3) is 22.0 Å². The maximum absolute atomic E-state index is 12.8. The molecule has 0 radical (unpaired) electrons. The van der Waals surface area contributed by atoms with Gasteiger partial charge in [0, 0.05) is 29.1 Å². The Morgan fingerprint density at radius 3 is 2.68 bits per heavy atom. The van der Waals surface area contributed by atoms with Crippen LogP contribution in [0.5, 0.6) is 5.75 Å². The van der Waals surface area contributed by atoms with Gasteiger partial charge in [0.2, 0.25) is 0 Å². The van der Waals surface area contributed by atoms with Crippen molar-refractivity contribution in [3.05, 3.63) is 111 Å². The van der Waals surface area contributed by atoms with E-state index in [-0.39, 0.29) is 11.6 Å². The van der Waals surface area contributed by atoms with Gasteiger partial charge >= 0.3 is 0 Å². The van der Waals surface area contributed by atoms with Crippen LogP contribution in [-0.4, -0.2) is 19.3 Å². The molecule has 0 aliphatic carbocycles. The molecular weight excluding hydrogens is 448 g/mol. The van der Waals surface area contributed by atoms with Gasteiger partial charge < -0.3 is 9.30 Å². The maximum atomic E-state index is 12.8. The zero-order valence-electron chi connectivity index (χ0n) is 18.7. The number of pyridine rings is 1. The predicted octanol–water partition coefficient (Wildman–Crippen LogP) is 5.29. The molecule has 0 saturated carbocycles. The average Bonchev–Trinajstić information content (AvgIpc) is 3.26. The average molecular weight is 469 g/mol. The molecule has 6 rings (SSSR count). The Labute approximate surface area is 201 Å². The highest BCUT2D eigenvalue weighted by Gasteiger charge is 2.22. The van der Waals surface area contributed by atoms with E-state index in [1.807, 2.05) is 54.1 Å². The smallest absolute Gasteiger partial charge is 0.251 e. The van der Waals surface area contributed by atoms with E-state index in [4.69, 9.17) is 16.3 Å². The summed E-state index contributed by atoms with van der Waals surface area (Å²) in [7, 11) is 1.80. The minimum absolute atomic E-state index is 0.0620. The number of nitrogens with zero attached hydrogens (tertiary/aromatic N) is 4. The Morgan fingerprint density at radius 2 is 1.85 bits per heavy atom. The lowest BCUT2D eigenvalue weighted by atomic mass is 9.93. The molecule has 6 nitrogen and oxygen atoms in total. The molecule has 6 bridgehead atoms. The first kappa shape index (κ1) is 20.7. The van der Waals surface area contributed by atoms with Crippen LogP contribution in [0.2, 0.25) is 5.02 Å². The molecule has 1 aliphatic heterocycles. The first-order valence-electron chi connectivity index (χ1n) is 11.0. The molecule has 1 unspecified atom stereocenters. The third kappa shape index (κ3) is 3.30. The van der Waals surface area contributed by atoms with Gasteiger partial charge in [0.15, 0.2) is 0 Å². The van der Waals surface area contributed by atoms with E-state index in [0.717, 1.165) is 44.5 Å². The van der Waals surface area contributed by atoms with Crippen LogP contribution in [0.3, 0.4) is 0 Å². The van der Waals surface area contributed by atoms with Crippen molar-refractivity contribution in [2.75, 3.05) is 0 Å². The summed E-state index contributed by atoms with van der Waals surface area (Å²) in [6.45, 7) is 2.26. The Bertz CT molecular complexity index is 1640. The van der Waals surface area contributed by atoms with Gasteiger partial charge in [-0.1, -0.05) is 35.9 Å². The van der Waals surface area contributed by atoms with Gasteiger partial charge in [0.1, 0.15) is 30.5 Å². The molecule has 3 heterocycles. The number of halogens is 1.